The van der Waals surface area contributed by atoms with Gasteiger partial charge in [-0.1, -0.05) is 64.5 Å². The summed E-state index contributed by atoms with van der Waals surface area (Å²) >= 11 is 0. The summed E-state index contributed by atoms with van der Waals surface area (Å²) in [6.07, 6.45) is 8.07. The zero-order chi connectivity index (χ0) is 21.6. The average molecular weight is 413 g/mol. The first kappa shape index (κ1) is 23.9. The van der Waals surface area contributed by atoms with Gasteiger partial charge < -0.3 is 14.6 Å². The van der Waals surface area contributed by atoms with E-state index >= 15 is 0 Å². The lowest BCUT2D eigenvalue weighted by Gasteiger charge is -2.12. The van der Waals surface area contributed by atoms with E-state index in [1.165, 1.54) is 38.5 Å². The fraction of sp³-hybridized carbons (Fsp3) is 0.500. The molecule has 0 fully saturated rings. The second kappa shape index (κ2) is 13.8. The molecule has 0 aromatic heterocycles. The van der Waals surface area contributed by atoms with Gasteiger partial charge in [-0.25, -0.2) is 0 Å². The highest BCUT2D eigenvalue weighted by atomic mass is 16.5. The Morgan fingerprint density at radius 1 is 0.733 bits per heavy atom. The van der Waals surface area contributed by atoms with Crippen molar-refractivity contribution in [3.63, 3.8) is 0 Å². The molecule has 4 nitrogen and oxygen atoms in total. The second-order valence-corrected chi connectivity index (χ2v) is 7.68. The van der Waals surface area contributed by atoms with Gasteiger partial charge in [0, 0.05) is 5.56 Å². The fourth-order valence-corrected chi connectivity index (χ4v) is 3.21. The number of ether oxygens (including phenoxy) is 2. The Labute approximate surface area is 181 Å². The first-order valence-corrected chi connectivity index (χ1v) is 11.3. The van der Waals surface area contributed by atoms with Crippen LogP contribution in [0.4, 0.5) is 0 Å². The van der Waals surface area contributed by atoms with E-state index in [9.17, 15) is 9.90 Å². The maximum absolute atomic E-state index is 12.6. The molecule has 2 aromatic rings. The Bertz CT molecular complexity index is 722. The Morgan fingerprint density at radius 2 is 1.20 bits per heavy atom. The lowest BCUT2D eigenvalue weighted by Crippen LogP contribution is -2.12. The van der Waals surface area contributed by atoms with Crippen LogP contribution in [0, 0.1) is 0 Å². The van der Waals surface area contributed by atoms with E-state index in [-0.39, 0.29) is 5.78 Å². The van der Waals surface area contributed by atoms with Gasteiger partial charge in [0.05, 0.1) is 13.2 Å². The molecule has 1 atom stereocenters. The summed E-state index contributed by atoms with van der Waals surface area (Å²) in [5.41, 5.74) is 1.03. The summed E-state index contributed by atoms with van der Waals surface area (Å²) in [5.74, 6) is 1.19. The van der Waals surface area contributed by atoms with Crippen molar-refractivity contribution in [2.24, 2.45) is 0 Å². The van der Waals surface area contributed by atoms with Gasteiger partial charge in [-0.3, -0.25) is 4.79 Å². The molecular weight excluding hydrogens is 376 g/mol. The number of carbonyl (C=O) groups is 1. The second-order valence-electron chi connectivity index (χ2n) is 7.68. The van der Waals surface area contributed by atoms with Crippen LogP contribution >= 0.6 is 0 Å². The van der Waals surface area contributed by atoms with Gasteiger partial charge in [0.2, 0.25) is 0 Å². The van der Waals surface area contributed by atoms with Crippen LogP contribution in [-0.4, -0.2) is 24.1 Å². The minimum Gasteiger partial charge on any atom is -0.494 e. The number of hydrogen-bond donors (Lipinski definition) is 1. The smallest absolute Gasteiger partial charge is 0.195 e. The average Bonchev–Trinajstić information content (AvgIpc) is 2.79. The first-order valence-electron chi connectivity index (χ1n) is 11.3. The number of carbonyl (C=O) groups excluding carboxylic acids is 1. The Morgan fingerprint density at radius 3 is 1.67 bits per heavy atom. The number of Topliss-reactive ketones (excluding diaryl/α,β-unsaturated/α-hetero) is 1. The third-order valence-corrected chi connectivity index (χ3v) is 5.12. The van der Waals surface area contributed by atoms with Gasteiger partial charge in [-0.15, -0.1) is 0 Å². The van der Waals surface area contributed by atoms with Crippen molar-refractivity contribution in [2.45, 2.75) is 71.3 Å². The van der Waals surface area contributed by atoms with Crippen molar-refractivity contribution in [3.8, 4) is 11.5 Å². The molecule has 0 saturated carbocycles. The van der Waals surface area contributed by atoms with Gasteiger partial charge in [-0.05, 0) is 54.8 Å². The molecule has 4 heteroatoms. The highest BCUT2D eigenvalue weighted by molar-refractivity contribution is 5.99. The highest BCUT2D eigenvalue weighted by Gasteiger charge is 2.19. The molecule has 0 aliphatic carbocycles. The standard InChI is InChI=1S/C26H36O4/c1-3-5-7-9-19-29-23-15-11-21(12-16-23)25(27)26(28)22-13-17-24(18-14-22)30-20-10-8-6-4-2/h11-18,25,27H,3-10,19-20H2,1-2H3. The SMILES string of the molecule is CCCCCCOc1ccc(C(=O)C(O)c2ccc(OCCCCCC)cc2)cc1. The lowest BCUT2D eigenvalue weighted by molar-refractivity contribution is 0.0747. The molecule has 0 heterocycles. The summed E-state index contributed by atoms with van der Waals surface area (Å²) in [7, 11) is 0. The Balaban J connectivity index is 1.82. The summed E-state index contributed by atoms with van der Waals surface area (Å²) in [6.45, 7) is 5.74. The monoisotopic (exact) mass is 412 g/mol. The molecule has 30 heavy (non-hydrogen) atoms. The molecule has 0 saturated heterocycles. The van der Waals surface area contributed by atoms with Crippen LogP contribution in [0.3, 0.4) is 0 Å². The van der Waals surface area contributed by atoms with Crippen LogP contribution in [0.2, 0.25) is 0 Å². The maximum atomic E-state index is 12.6. The molecule has 0 aliphatic rings. The van der Waals surface area contributed by atoms with Gasteiger partial charge in [0.1, 0.15) is 17.6 Å². The molecular formula is C26H36O4. The van der Waals surface area contributed by atoms with E-state index in [1.54, 1.807) is 48.5 Å². The van der Waals surface area contributed by atoms with E-state index in [1.807, 2.05) is 0 Å². The number of ketones is 1. The molecule has 0 spiro atoms. The van der Waals surface area contributed by atoms with Gasteiger partial charge >= 0.3 is 0 Å². The zero-order valence-electron chi connectivity index (χ0n) is 18.4. The largest absolute Gasteiger partial charge is 0.494 e. The molecule has 0 amide bonds. The van der Waals surface area contributed by atoms with E-state index in [0.717, 1.165) is 24.3 Å². The fourth-order valence-electron chi connectivity index (χ4n) is 3.21. The van der Waals surface area contributed by atoms with Crippen molar-refractivity contribution in [2.75, 3.05) is 13.2 Å². The van der Waals surface area contributed by atoms with E-state index < -0.39 is 6.10 Å². The van der Waals surface area contributed by atoms with Gasteiger partial charge in [-0.2, -0.15) is 0 Å². The van der Waals surface area contributed by atoms with Crippen molar-refractivity contribution in [3.05, 3.63) is 59.7 Å². The van der Waals surface area contributed by atoms with E-state index in [4.69, 9.17) is 9.47 Å². The zero-order valence-corrected chi connectivity index (χ0v) is 18.4. The number of unbranched alkanes of at least 4 members (excludes halogenated alkanes) is 6. The number of hydrogen-bond acceptors (Lipinski definition) is 4. The molecule has 2 aromatic carbocycles. The number of benzene rings is 2. The Kier molecular flexibility index (Phi) is 11.0. The summed E-state index contributed by atoms with van der Waals surface area (Å²) < 4.78 is 11.4. The van der Waals surface area contributed by atoms with Crippen LogP contribution in [0.5, 0.6) is 11.5 Å². The summed E-state index contributed by atoms with van der Waals surface area (Å²) in [4.78, 5) is 12.6. The van der Waals surface area contributed by atoms with Crippen LogP contribution in [0.15, 0.2) is 48.5 Å². The summed E-state index contributed by atoms with van der Waals surface area (Å²) in [6, 6.07) is 14.1. The Hall–Kier alpha value is -2.33. The lowest BCUT2D eigenvalue weighted by atomic mass is 10.00. The molecule has 0 aliphatic heterocycles. The topological polar surface area (TPSA) is 55.8 Å². The minimum atomic E-state index is -1.19. The molecule has 1 N–H and O–H groups in total. The number of aliphatic hydroxyl groups excluding tert-OH is 1. The predicted octanol–water partition coefficient (Wildman–Crippen LogP) is 6.52. The molecule has 1 unspecified atom stereocenters. The van der Waals surface area contributed by atoms with E-state index in [0.29, 0.717) is 24.3 Å². The van der Waals surface area contributed by atoms with Crippen molar-refractivity contribution in [1.29, 1.82) is 0 Å². The van der Waals surface area contributed by atoms with Crippen LogP contribution < -0.4 is 9.47 Å². The van der Waals surface area contributed by atoms with Crippen LogP contribution in [-0.2, 0) is 0 Å². The number of aliphatic hydroxyl groups is 1. The van der Waals surface area contributed by atoms with Crippen LogP contribution in [0.1, 0.15) is 87.2 Å². The van der Waals surface area contributed by atoms with Crippen molar-refractivity contribution in [1.82, 2.24) is 0 Å². The maximum Gasteiger partial charge on any atom is 0.195 e. The first-order chi connectivity index (χ1) is 14.7. The minimum absolute atomic E-state index is 0.322. The summed E-state index contributed by atoms with van der Waals surface area (Å²) in [5, 5.41) is 10.5. The molecule has 2 rings (SSSR count). The quantitative estimate of drug-likeness (QED) is 0.267. The molecule has 0 bridgehead atoms. The van der Waals surface area contributed by atoms with E-state index in [2.05, 4.69) is 13.8 Å². The number of rotatable bonds is 15. The predicted molar refractivity (Wildman–Crippen MR) is 121 cm³/mol. The normalized spacial score (nSPS) is 11.8. The molecule has 164 valence electrons. The highest BCUT2D eigenvalue weighted by Crippen LogP contribution is 2.23. The van der Waals surface area contributed by atoms with Crippen molar-refractivity contribution < 1.29 is 19.4 Å². The van der Waals surface area contributed by atoms with Crippen molar-refractivity contribution >= 4 is 5.78 Å². The third-order valence-electron chi connectivity index (χ3n) is 5.12. The molecule has 0 radical (unpaired) electrons. The van der Waals surface area contributed by atoms with Gasteiger partial charge in [0.25, 0.3) is 0 Å². The third kappa shape index (κ3) is 8.19. The van der Waals surface area contributed by atoms with Gasteiger partial charge in [0.15, 0.2) is 5.78 Å². The van der Waals surface area contributed by atoms with Crippen LogP contribution in [0.25, 0.3) is 0 Å².